The standard InChI is InChI=1S/C31H38O7/c1-9-18(33)13-21-29(7)16(5)19-11-10-12-20(34)23(19)26(35)25(29)28(37)31(38)27(36)22(17(6)32)15(4)24(14(2)3)30(21,31)8/h10-12,14,16,21-22,25,34,38H,9,13H2,1-8H3/t16-,21-,22?,25?,29-,30-,31+/m0/s1. The number of phenols is 1. The maximum absolute atomic E-state index is 14.6. The molecule has 0 aliphatic heterocycles. The molecule has 1 fully saturated rings. The molecule has 0 saturated heterocycles. The van der Waals surface area contributed by atoms with Crippen LogP contribution in [0.4, 0.5) is 0 Å². The van der Waals surface area contributed by atoms with Crippen LogP contribution in [0.15, 0.2) is 29.3 Å². The first-order chi connectivity index (χ1) is 17.5. The molecule has 2 N–H and O–H groups in total. The Labute approximate surface area is 223 Å². The van der Waals surface area contributed by atoms with Gasteiger partial charge < -0.3 is 10.2 Å². The molecule has 4 rings (SSSR count). The summed E-state index contributed by atoms with van der Waals surface area (Å²) in [5.41, 5.74) is -3.70. The second-order valence-electron chi connectivity index (χ2n) is 12.2. The lowest BCUT2D eigenvalue weighted by Gasteiger charge is -2.66. The van der Waals surface area contributed by atoms with E-state index in [0.717, 1.165) is 0 Å². The third-order valence-corrected chi connectivity index (χ3v) is 10.3. The number of aromatic hydroxyl groups is 1. The number of aliphatic hydroxyl groups is 1. The van der Waals surface area contributed by atoms with Crippen molar-refractivity contribution >= 4 is 28.9 Å². The monoisotopic (exact) mass is 522 g/mol. The lowest BCUT2D eigenvalue weighted by Crippen LogP contribution is -2.77. The summed E-state index contributed by atoms with van der Waals surface area (Å²) in [5.74, 6) is -7.74. The quantitative estimate of drug-likeness (QED) is 0.434. The van der Waals surface area contributed by atoms with Crippen molar-refractivity contribution in [3.63, 3.8) is 0 Å². The number of Topliss-reactive ketones (excluding diaryl/α,β-unsaturated/α-hetero) is 5. The molecule has 0 heterocycles. The molecule has 1 aromatic rings. The smallest absolute Gasteiger partial charge is 0.192 e. The van der Waals surface area contributed by atoms with Crippen LogP contribution in [0.2, 0.25) is 0 Å². The number of ketones is 5. The van der Waals surface area contributed by atoms with Crippen molar-refractivity contribution in [2.75, 3.05) is 0 Å². The van der Waals surface area contributed by atoms with Gasteiger partial charge in [-0.05, 0) is 48.6 Å². The van der Waals surface area contributed by atoms with Crippen LogP contribution in [0.25, 0.3) is 0 Å². The van der Waals surface area contributed by atoms with Crippen LogP contribution >= 0.6 is 0 Å². The molecule has 204 valence electrons. The van der Waals surface area contributed by atoms with E-state index in [-0.39, 0.29) is 35.9 Å². The second-order valence-corrected chi connectivity index (χ2v) is 12.2. The van der Waals surface area contributed by atoms with E-state index >= 15 is 0 Å². The van der Waals surface area contributed by atoms with Crippen molar-refractivity contribution in [2.24, 2.45) is 34.5 Å². The molecule has 1 saturated carbocycles. The predicted octanol–water partition coefficient (Wildman–Crippen LogP) is 4.38. The third kappa shape index (κ3) is 3.14. The van der Waals surface area contributed by atoms with Gasteiger partial charge in [0, 0.05) is 18.3 Å². The molecule has 7 heteroatoms. The van der Waals surface area contributed by atoms with Crippen LogP contribution in [0.1, 0.15) is 90.1 Å². The Balaban J connectivity index is 2.18. The van der Waals surface area contributed by atoms with Gasteiger partial charge in [0.25, 0.3) is 0 Å². The van der Waals surface area contributed by atoms with Gasteiger partial charge >= 0.3 is 0 Å². The summed E-state index contributed by atoms with van der Waals surface area (Å²) in [6, 6.07) is 4.76. The third-order valence-electron chi connectivity index (χ3n) is 10.3. The highest BCUT2D eigenvalue weighted by molar-refractivity contribution is 6.27. The Morgan fingerprint density at radius 3 is 2.21 bits per heavy atom. The van der Waals surface area contributed by atoms with E-state index in [1.165, 1.54) is 13.0 Å². The molecule has 0 bridgehead atoms. The van der Waals surface area contributed by atoms with E-state index in [0.29, 0.717) is 16.7 Å². The fraction of sp³-hybridized carbons (Fsp3) is 0.581. The first-order valence-electron chi connectivity index (χ1n) is 13.4. The van der Waals surface area contributed by atoms with Gasteiger partial charge in [-0.3, -0.25) is 24.0 Å². The van der Waals surface area contributed by atoms with Crippen molar-refractivity contribution < 1.29 is 34.2 Å². The van der Waals surface area contributed by atoms with E-state index < -0.39 is 63.2 Å². The van der Waals surface area contributed by atoms with Gasteiger partial charge in [-0.1, -0.05) is 64.8 Å². The summed E-state index contributed by atoms with van der Waals surface area (Å²) < 4.78 is 0. The first-order valence-corrected chi connectivity index (χ1v) is 13.4. The largest absolute Gasteiger partial charge is 0.507 e. The van der Waals surface area contributed by atoms with E-state index in [1.807, 2.05) is 20.8 Å². The minimum absolute atomic E-state index is 0.00535. The van der Waals surface area contributed by atoms with Gasteiger partial charge in [0.1, 0.15) is 23.2 Å². The van der Waals surface area contributed by atoms with Crippen molar-refractivity contribution in [1.82, 2.24) is 0 Å². The number of fused-ring (bicyclic) bond motifs is 3. The number of phenolic OH excluding ortho intramolecular Hbond substituents is 1. The van der Waals surface area contributed by atoms with Crippen molar-refractivity contribution in [1.29, 1.82) is 0 Å². The van der Waals surface area contributed by atoms with Crippen molar-refractivity contribution in [3.8, 4) is 5.75 Å². The average molecular weight is 523 g/mol. The SMILES string of the molecule is CCC(=O)C[C@H]1[C@@]2(C)C(C(=O)c3c(O)cccc3[C@@H]2C)C(=O)[C@]2(O)C(=O)C(C(C)=O)C(C)=C(C(C)C)[C@]12C. The molecule has 0 aromatic heterocycles. The van der Waals surface area contributed by atoms with Gasteiger partial charge in [0.15, 0.2) is 23.0 Å². The van der Waals surface area contributed by atoms with Gasteiger partial charge in [0.05, 0.1) is 11.5 Å². The van der Waals surface area contributed by atoms with Crippen LogP contribution < -0.4 is 0 Å². The maximum Gasteiger partial charge on any atom is 0.192 e. The number of carbonyl (C=O) groups excluding carboxylic acids is 5. The molecule has 7 atom stereocenters. The number of hydrogen-bond donors (Lipinski definition) is 2. The molecule has 38 heavy (non-hydrogen) atoms. The molecule has 3 aliphatic rings. The van der Waals surface area contributed by atoms with E-state index in [9.17, 15) is 34.2 Å². The number of carbonyl (C=O) groups is 5. The molecule has 0 amide bonds. The minimum Gasteiger partial charge on any atom is -0.507 e. The fourth-order valence-electron chi connectivity index (χ4n) is 8.51. The normalized spacial score (nSPS) is 36.6. The summed E-state index contributed by atoms with van der Waals surface area (Å²) in [4.78, 5) is 68.7. The van der Waals surface area contributed by atoms with Gasteiger partial charge in [-0.15, -0.1) is 0 Å². The van der Waals surface area contributed by atoms with Crippen LogP contribution in [0.3, 0.4) is 0 Å². The predicted molar refractivity (Wildman–Crippen MR) is 141 cm³/mol. The van der Waals surface area contributed by atoms with Gasteiger partial charge in [-0.2, -0.15) is 0 Å². The molecule has 1 aromatic carbocycles. The summed E-state index contributed by atoms with van der Waals surface area (Å²) in [6.07, 6.45) is 0.159. The second kappa shape index (κ2) is 8.80. The highest BCUT2D eigenvalue weighted by Crippen LogP contribution is 2.70. The summed E-state index contributed by atoms with van der Waals surface area (Å²) >= 11 is 0. The summed E-state index contributed by atoms with van der Waals surface area (Å²) in [7, 11) is 0. The van der Waals surface area contributed by atoms with E-state index in [1.54, 1.807) is 39.8 Å². The topological polar surface area (TPSA) is 126 Å². The molecular formula is C31H38O7. The van der Waals surface area contributed by atoms with Crippen molar-refractivity contribution in [3.05, 3.63) is 40.5 Å². The number of hydrogen-bond acceptors (Lipinski definition) is 7. The zero-order chi connectivity index (χ0) is 28.7. The average Bonchev–Trinajstić information content (AvgIpc) is 2.82. The lowest BCUT2D eigenvalue weighted by molar-refractivity contribution is -0.200. The van der Waals surface area contributed by atoms with Crippen LogP contribution in [0.5, 0.6) is 5.75 Å². The Kier molecular flexibility index (Phi) is 6.50. The first kappa shape index (κ1) is 28.1. The van der Waals surface area contributed by atoms with Gasteiger partial charge in [-0.25, -0.2) is 0 Å². The Bertz CT molecular complexity index is 1320. The summed E-state index contributed by atoms with van der Waals surface area (Å²) in [5, 5.41) is 23.1. The maximum atomic E-state index is 14.6. The van der Waals surface area contributed by atoms with Crippen molar-refractivity contribution in [2.45, 2.75) is 79.8 Å². The molecule has 2 unspecified atom stereocenters. The number of allylic oxidation sites excluding steroid dienone is 1. The van der Waals surface area contributed by atoms with Crippen LogP contribution in [-0.4, -0.2) is 44.7 Å². The molecule has 0 spiro atoms. The Morgan fingerprint density at radius 2 is 1.68 bits per heavy atom. The number of benzene rings is 1. The minimum atomic E-state index is -2.69. The highest BCUT2D eigenvalue weighted by atomic mass is 16.3. The molecule has 0 radical (unpaired) electrons. The number of rotatable bonds is 5. The van der Waals surface area contributed by atoms with Crippen LogP contribution in [-0.2, 0) is 19.2 Å². The summed E-state index contributed by atoms with van der Waals surface area (Å²) in [6.45, 7) is 13.8. The van der Waals surface area contributed by atoms with E-state index in [4.69, 9.17) is 0 Å². The zero-order valence-corrected chi connectivity index (χ0v) is 23.5. The van der Waals surface area contributed by atoms with E-state index in [2.05, 4.69) is 0 Å². The molecule has 7 nitrogen and oxygen atoms in total. The highest BCUT2D eigenvalue weighted by Gasteiger charge is 2.77. The Hall–Kier alpha value is -2.93. The van der Waals surface area contributed by atoms with Gasteiger partial charge in [0.2, 0.25) is 0 Å². The molecular weight excluding hydrogens is 484 g/mol. The lowest BCUT2D eigenvalue weighted by atomic mass is 9.35. The zero-order valence-electron chi connectivity index (χ0n) is 23.5. The fourth-order valence-corrected chi connectivity index (χ4v) is 8.51. The van der Waals surface area contributed by atoms with Crippen LogP contribution in [0, 0.1) is 34.5 Å². The molecule has 3 aliphatic carbocycles. The Morgan fingerprint density at radius 1 is 1.08 bits per heavy atom.